The van der Waals surface area contributed by atoms with Gasteiger partial charge in [0.25, 0.3) is 11.8 Å². The number of anilines is 2. The highest BCUT2D eigenvalue weighted by Gasteiger charge is 2.46. The van der Waals surface area contributed by atoms with Crippen molar-refractivity contribution in [1.29, 1.82) is 0 Å². The number of aryl methyl sites for hydroxylation is 1. The molecule has 6 rings (SSSR count). The monoisotopic (exact) mass is 1270 g/mol. The number of hydrogen-bond donors (Lipinski definition) is 3. The van der Waals surface area contributed by atoms with Gasteiger partial charge < -0.3 is 63.6 Å². The van der Waals surface area contributed by atoms with Crippen molar-refractivity contribution in [2.75, 3.05) is 116 Å². The highest BCUT2D eigenvalue weighted by molar-refractivity contribution is 6.09. The van der Waals surface area contributed by atoms with E-state index < -0.39 is 48.0 Å². The first kappa shape index (κ1) is 72.0. The lowest BCUT2D eigenvalue weighted by Crippen LogP contribution is -2.51. The third-order valence-electron chi connectivity index (χ3n) is 16.0. The number of fused-ring (bicyclic) bond motifs is 4. The van der Waals surface area contributed by atoms with E-state index >= 15 is 0 Å². The van der Waals surface area contributed by atoms with Crippen LogP contribution in [-0.4, -0.2) is 198 Å². The van der Waals surface area contributed by atoms with Crippen molar-refractivity contribution in [3.05, 3.63) is 86.1 Å². The third kappa shape index (κ3) is 20.4. The Morgan fingerprint density at radius 2 is 1.11 bits per heavy atom. The number of aliphatic hydroxyl groups excluding tert-OH is 1. The number of nitrogens with zero attached hydrogens (tertiary/aromatic N) is 10. The van der Waals surface area contributed by atoms with Gasteiger partial charge in [-0.1, -0.05) is 62.2 Å². The van der Waals surface area contributed by atoms with E-state index in [1.807, 2.05) is 0 Å². The van der Waals surface area contributed by atoms with Crippen LogP contribution in [0, 0.1) is 18.8 Å². The number of aliphatic hydroxyl groups is 1. The second-order valence-corrected chi connectivity index (χ2v) is 23.5. The van der Waals surface area contributed by atoms with Gasteiger partial charge in [0.1, 0.15) is 5.75 Å². The SMILES string of the molecule is C=C1C[C@H]2CN(C(=O)CCC(=O)[C@@H](NC(=O)CCOCCOCCN=[N+]=[N-])C(C)C)c3cc(OCCCCCOc4cc5c(cc4C)C(=O)N4CC(=C)C[C@H]4[C@H](O)N5C(=O)CCC(=O)[C@@H](NC(=O)CCOCCOCCN=[N+]=[N-])C(C)C)c(OC)cc3C(=O)N2C1. The van der Waals surface area contributed by atoms with Crippen LogP contribution in [0.15, 0.2) is 58.8 Å². The van der Waals surface area contributed by atoms with Gasteiger partial charge in [-0.2, -0.15) is 0 Å². The number of benzene rings is 2. The summed E-state index contributed by atoms with van der Waals surface area (Å²) in [6.45, 7) is 20.2. The van der Waals surface area contributed by atoms with Crippen molar-refractivity contribution >= 4 is 58.4 Å². The second-order valence-electron chi connectivity index (χ2n) is 23.5. The Balaban J connectivity index is 1.05. The molecule has 0 unspecified atom stereocenters. The van der Waals surface area contributed by atoms with E-state index in [1.54, 1.807) is 63.8 Å². The lowest BCUT2D eigenvalue weighted by atomic mass is 9.96. The lowest BCUT2D eigenvalue weighted by molar-refractivity contribution is -0.130. The molecule has 5 atom stereocenters. The Morgan fingerprint density at radius 3 is 1.66 bits per heavy atom. The summed E-state index contributed by atoms with van der Waals surface area (Å²) in [6, 6.07) is 3.47. The number of unbranched alkanes of at least 4 members (excludes halogenated alkanes) is 2. The standard InChI is InChI=1S/C63H88N12O16/c1-39(2)59(68-55(78)16-22-86-26-28-88-24-18-66-70-64)50(76)12-14-57(80)73-38-44-30-41(5)36-72(44)61(82)46-33-53(85-8)54(34-47(46)73)91-21-11-9-10-20-90-52-35-48-45(32-43(52)7)62(83)74-37-42(6)31-49(74)63(84)75(48)58(81)15-13-51(77)60(40(3)4)69-56(79)17-23-87-27-29-89-25-19-67-71-65/h32-35,39-40,44,49,59-60,63,84H,5-6,9-31,36-38H2,1-4,7-8H3,(H,68,78)(H,69,79)/t44-,49-,59-,60-,63-/m0/s1. The second kappa shape index (κ2) is 36.1. The maximum absolute atomic E-state index is 14.4. The van der Waals surface area contributed by atoms with Crippen molar-refractivity contribution in [2.24, 2.45) is 22.1 Å². The number of rotatable bonds is 39. The van der Waals surface area contributed by atoms with Crippen LogP contribution in [0.3, 0.4) is 0 Å². The van der Waals surface area contributed by atoms with Crippen LogP contribution in [0.2, 0.25) is 0 Å². The zero-order valence-electron chi connectivity index (χ0n) is 53.2. The van der Waals surface area contributed by atoms with Gasteiger partial charge in [0.05, 0.1) is 120 Å². The summed E-state index contributed by atoms with van der Waals surface area (Å²) in [4.78, 5) is 122. The average molecular weight is 1270 g/mol. The topological polar surface area (TPSA) is 356 Å². The van der Waals surface area contributed by atoms with Gasteiger partial charge >= 0.3 is 0 Å². The summed E-state index contributed by atoms with van der Waals surface area (Å²) in [5.74, 6) is -2.85. The molecule has 28 heteroatoms. The zero-order chi connectivity index (χ0) is 66.1. The number of azide groups is 2. The summed E-state index contributed by atoms with van der Waals surface area (Å²) < 4.78 is 39.9. The van der Waals surface area contributed by atoms with Gasteiger partial charge in [-0.25, -0.2) is 0 Å². The van der Waals surface area contributed by atoms with Crippen molar-refractivity contribution in [3.63, 3.8) is 0 Å². The van der Waals surface area contributed by atoms with Crippen LogP contribution >= 0.6 is 0 Å². The molecule has 0 bridgehead atoms. The van der Waals surface area contributed by atoms with Gasteiger partial charge in [0.2, 0.25) is 23.6 Å². The van der Waals surface area contributed by atoms with Gasteiger partial charge in [0, 0.05) is 93.2 Å². The zero-order valence-corrected chi connectivity index (χ0v) is 53.2. The molecule has 4 aliphatic rings. The van der Waals surface area contributed by atoms with E-state index in [2.05, 4.69) is 43.8 Å². The molecule has 2 fully saturated rings. The minimum atomic E-state index is -1.49. The Labute approximate surface area is 530 Å². The quantitative estimate of drug-likeness (QED) is 0.0208. The fourth-order valence-corrected chi connectivity index (χ4v) is 11.2. The minimum Gasteiger partial charge on any atom is -0.493 e. The normalized spacial score (nSPS) is 17.4. The Bertz CT molecular complexity index is 3050. The number of carbonyl (C=O) groups is 8. The van der Waals surface area contributed by atoms with Gasteiger partial charge in [0.15, 0.2) is 29.3 Å². The van der Waals surface area contributed by atoms with Gasteiger partial charge in [-0.15, -0.1) is 0 Å². The van der Waals surface area contributed by atoms with E-state index in [0.717, 1.165) is 5.57 Å². The highest BCUT2D eigenvalue weighted by Crippen LogP contribution is 2.42. The summed E-state index contributed by atoms with van der Waals surface area (Å²) >= 11 is 0. The molecule has 3 N–H and O–H groups in total. The van der Waals surface area contributed by atoms with Crippen molar-refractivity contribution < 1.29 is 76.6 Å². The molecule has 2 aromatic carbocycles. The summed E-state index contributed by atoms with van der Waals surface area (Å²) in [6.07, 6.45) is -0.0188. The fraction of sp³-hybridized carbons (Fsp3) is 0.619. The molecule has 0 spiro atoms. The maximum Gasteiger partial charge on any atom is 0.256 e. The Hall–Kier alpha value is -8.10. The largest absolute Gasteiger partial charge is 0.493 e. The first-order chi connectivity index (χ1) is 43.7. The molecule has 2 aromatic rings. The first-order valence-corrected chi connectivity index (χ1v) is 31.0. The lowest BCUT2D eigenvalue weighted by Gasteiger charge is -2.32. The van der Waals surface area contributed by atoms with Gasteiger partial charge in [-0.3, -0.25) is 43.3 Å². The van der Waals surface area contributed by atoms with E-state index in [4.69, 9.17) is 44.2 Å². The molecule has 4 heterocycles. The summed E-state index contributed by atoms with van der Waals surface area (Å²) in [5.41, 5.74) is 19.7. The molecule has 0 aromatic heterocycles. The number of amides is 6. The molecular formula is C63H88N12O16. The average Bonchev–Trinajstić information content (AvgIpc) is 1.66. The summed E-state index contributed by atoms with van der Waals surface area (Å²) in [5, 5.41) is 24.3. The predicted octanol–water partition coefficient (Wildman–Crippen LogP) is 6.63. The number of carbonyl (C=O) groups excluding carboxylic acids is 8. The van der Waals surface area contributed by atoms with E-state index in [1.165, 1.54) is 21.8 Å². The molecule has 2 saturated heterocycles. The molecule has 28 nitrogen and oxygen atoms in total. The van der Waals surface area contributed by atoms with Crippen LogP contribution in [0.5, 0.6) is 17.2 Å². The molecule has 4 aliphatic heterocycles. The first-order valence-electron chi connectivity index (χ1n) is 31.0. The maximum atomic E-state index is 14.4. The van der Waals surface area contributed by atoms with E-state index in [0.29, 0.717) is 60.6 Å². The van der Waals surface area contributed by atoms with Crippen molar-refractivity contribution in [3.8, 4) is 17.2 Å². The van der Waals surface area contributed by atoms with Crippen molar-refractivity contribution in [2.45, 2.75) is 136 Å². The highest BCUT2D eigenvalue weighted by atomic mass is 16.5. The number of methoxy groups -OCH3 is 1. The molecule has 6 amide bonds. The number of ether oxygens (including phenoxy) is 7. The van der Waals surface area contributed by atoms with Crippen LogP contribution < -0.4 is 34.6 Å². The third-order valence-corrected chi connectivity index (χ3v) is 16.0. The number of ketones is 2. The number of hydrogen-bond acceptors (Lipinski definition) is 18. The minimum absolute atomic E-state index is 0.00261. The Morgan fingerprint density at radius 1 is 0.615 bits per heavy atom. The molecule has 0 aliphatic carbocycles. The van der Waals surface area contributed by atoms with Crippen molar-refractivity contribution in [1.82, 2.24) is 20.4 Å². The fourth-order valence-electron chi connectivity index (χ4n) is 11.2. The van der Waals surface area contributed by atoms with Crippen LogP contribution in [0.1, 0.15) is 125 Å². The molecule has 0 radical (unpaired) electrons. The number of Topliss-reactive ketones (excluding diaryl/α,β-unsaturated/α-hetero) is 2. The van der Waals surface area contributed by atoms with E-state index in [-0.39, 0.29) is 201 Å². The molecular weight excluding hydrogens is 1180 g/mol. The molecule has 0 saturated carbocycles. The Kier molecular flexibility index (Phi) is 28.5. The summed E-state index contributed by atoms with van der Waals surface area (Å²) in [7, 11) is 1.46. The molecule has 496 valence electrons. The predicted molar refractivity (Wildman–Crippen MR) is 335 cm³/mol. The van der Waals surface area contributed by atoms with E-state index in [9.17, 15) is 43.5 Å². The van der Waals surface area contributed by atoms with Crippen LogP contribution in [0.25, 0.3) is 20.9 Å². The van der Waals surface area contributed by atoms with Crippen LogP contribution in [-0.2, 0) is 47.7 Å². The smallest absolute Gasteiger partial charge is 0.256 e. The van der Waals surface area contributed by atoms with Gasteiger partial charge in [-0.05, 0) is 79.6 Å². The number of nitrogens with one attached hydrogen (secondary N) is 2. The van der Waals surface area contributed by atoms with Crippen LogP contribution in [0.4, 0.5) is 11.4 Å². The molecule has 91 heavy (non-hydrogen) atoms.